The minimum Gasteiger partial charge on any atom is -0.345 e. The largest absolute Gasteiger partial charge is 0.345 e. The van der Waals surface area contributed by atoms with E-state index >= 15 is 0 Å². The van der Waals surface area contributed by atoms with Gasteiger partial charge in [-0.05, 0) is 13.3 Å². The third kappa shape index (κ3) is 3.64. The Bertz CT molecular complexity index is 518. The highest BCUT2D eigenvalue weighted by Gasteiger charge is 2.14. The number of H-pyrrole nitrogens is 1. The van der Waals surface area contributed by atoms with E-state index in [4.69, 9.17) is 0 Å². The van der Waals surface area contributed by atoms with Gasteiger partial charge in [-0.15, -0.1) is 5.10 Å². The van der Waals surface area contributed by atoms with Gasteiger partial charge in [0, 0.05) is 31.4 Å². The Kier molecular flexibility index (Phi) is 4.27. The van der Waals surface area contributed by atoms with E-state index in [0.717, 1.165) is 18.7 Å². The van der Waals surface area contributed by atoms with Crippen LogP contribution >= 0.6 is 0 Å². The van der Waals surface area contributed by atoms with Gasteiger partial charge in [-0.1, -0.05) is 6.92 Å². The summed E-state index contributed by atoms with van der Waals surface area (Å²) in [6.07, 6.45) is 7.04. The SMILES string of the molecule is CCCc1nc(C(=O)NC(C)Cn2ccnc2)n[nH]1. The molecule has 0 radical (unpaired) electrons. The van der Waals surface area contributed by atoms with E-state index in [1.54, 1.807) is 12.5 Å². The van der Waals surface area contributed by atoms with Gasteiger partial charge in [0.1, 0.15) is 5.82 Å². The third-order valence-corrected chi connectivity index (χ3v) is 2.64. The van der Waals surface area contributed by atoms with Gasteiger partial charge in [0.25, 0.3) is 5.91 Å². The fourth-order valence-electron chi connectivity index (χ4n) is 1.79. The molecule has 0 spiro atoms. The number of imidazole rings is 1. The number of amides is 1. The molecule has 0 saturated carbocycles. The molecular weight excluding hydrogens is 244 g/mol. The van der Waals surface area contributed by atoms with Crippen molar-refractivity contribution < 1.29 is 4.79 Å². The lowest BCUT2D eigenvalue weighted by molar-refractivity contribution is 0.0926. The molecule has 0 aliphatic rings. The van der Waals surface area contributed by atoms with Crippen LogP contribution < -0.4 is 5.32 Å². The van der Waals surface area contributed by atoms with Crippen LogP contribution in [0.1, 0.15) is 36.7 Å². The van der Waals surface area contributed by atoms with Crippen molar-refractivity contribution in [3.8, 4) is 0 Å². The molecule has 102 valence electrons. The van der Waals surface area contributed by atoms with Crippen molar-refractivity contribution in [2.75, 3.05) is 0 Å². The Morgan fingerprint density at radius 3 is 3.11 bits per heavy atom. The molecule has 2 aromatic rings. The van der Waals surface area contributed by atoms with Crippen LogP contribution in [0.4, 0.5) is 0 Å². The van der Waals surface area contributed by atoms with Gasteiger partial charge in [0.05, 0.1) is 6.33 Å². The molecule has 2 heterocycles. The summed E-state index contributed by atoms with van der Waals surface area (Å²) in [4.78, 5) is 20.0. The molecule has 2 rings (SSSR count). The molecule has 0 fully saturated rings. The van der Waals surface area contributed by atoms with Crippen LogP contribution in [0.15, 0.2) is 18.7 Å². The van der Waals surface area contributed by atoms with Gasteiger partial charge in [-0.25, -0.2) is 9.97 Å². The molecule has 1 amide bonds. The standard InChI is InChI=1S/C12H18N6O/c1-3-4-10-15-11(17-16-10)12(19)14-9(2)7-18-6-5-13-8-18/h5-6,8-9H,3-4,7H2,1-2H3,(H,14,19)(H,15,16,17). The number of aromatic amines is 1. The first kappa shape index (κ1) is 13.3. The fourth-order valence-corrected chi connectivity index (χ4v) is 1.79. The van der Waals surface area contributed by atoms with Crippen LogP contribution in [0.5, 0.6) is 0 Å². The lowest BCUT2D eigenvalue weighted by atomic mass is 10.3. The molecule has 2 N–H and O–H groups in total. The second kappa shape index (κ2) is 6.12. The number of hydrogen-bond acceptors (Lipinski definition) is 4. The zero-order chi connectivity index (χ0) is 13.7. The predicted molar refractivity (Wildman–Crippen MR) is 69.5 cm³/mol. The van der Waals surface area contributed by atoms with Crippen molar-refractivity contribution in [2.24, 2.45) is 0 Å². The first-order valence-electron chi connectivity index (χ1n) is 6.37. The topological polar surface area (TPSA) is 88.5 Å². The van der Waals surface area contributed by atoms with Crippen molar-refractivity contribution in [3.05, 3.63) is 30.4 Å². The smallest absolute Gasteiger partial charge is 0.291 e. The van der Waals surface area contributed by atoms with Crippen LogP contribution in [-0.2, 0) is 13.0 Å². The van der Waals surface area contributed by atoms with Crippen molar-refractivity contribution in [1.29, 1.82) is 0 Å². The van der Waals surface area contributed by atoms with Crippen LogP contribution in [0.2, 0.25) is 0 Å². The highest BCUT2D eigenvalue weighted by molar-refractivity contribution is 5.90. The van der Waals surface area contributed by atoms with E-state index in [1.165, 1.54) is 0 Å². The van der Waals surface area contributed by atoms with Gasteiger partial charge >= 0.3 is 0 Å². The van der Waals surface area contributed by atoms with Gasteiger partial charge in [-0.3, -0.25) is 9.89 Å². The number of hydrogen-bond donors (Lipinski definition) is 2. The van der Waals surface area contributed by atoms with Crippen molar-refractivity contribution in [2.45, 2.75) is 39.3 Å². The Morgan fingerprint density at radius 2 is 2.42 bits per heavy atom. The molecule has 0 saturated heterocycles. The molecule has 0 aliphatic carbocycles. The molecule has 1 atom stereocenters. The number of rotatable bonds is 6. The molecule has 2 aromatic heterocycles. The molecule has 7 heteroatoms. The zero-order valence-corrected chi connectivity index (χ0v) is 11.1. The average molecular weight is 262 g/mol. The highest BCUT2D eigenvalue weighted by Crippen LogP contribution is 1.98. The van der Waals surface area contributed by atoms with Gasteiger partial charge in [0.2, 0.25) is 5.82 Å². The van der Waals surface area contributed by atoms with Crippen molar-refractivity contribution in [3.63, 3.8) is 0 Å². The Labute approximate surface area is 111 Å². The monoisotopic (exact) mass is 262 g/mol. The molecular formula is C12H18N6O. The number of carbonyl (C=O) groups excluding carboxylic acids is 1. The number of carbonyl (C=O) groups is 1. The third-order valence-electron chi connectivity index (χ3n) is 2.64. The van der Waals surface area contributed by atoms with Crippen LogP contribution in [0, 0.1) is 0 Å². The van der Waals surface area contributed by atoms with E-state index in [1.807, 2.05) is 17.7 Å². The molecule has 0 bridgehead atoms. The van der Waals surface area contributed by atoms with Crippen LogP contribution in [0.25, 0.3) is 0 Å². The normalized spacial score (nSPS) is 12.3. The summed E-state index contributed by atoms with van der Waals surface area (Å²) in [5, 5.41) is 9.54. The van der Waals surface area contributed by atoms with E-state index in [0.29, 0.717) is 6.54 Å². The van der Waals surface area contributed by atoms with Crippen LogP contribution in [0.3, 0.4) is 0 Å². The summed E-state index contributed by atoms with van der Waals surface area (Å²) < 4.78 is 1.91. The van der Waals surface area contributed by atoms with E-state index in [-0.39, 0.29) is 17.8 Å². The molecule has 1 unspecified atom stereocenters. The first-order chi connectivity index (χ1) is 9.19. The summed E-state index contributed by atoms with van der Waals surface area (Å²) in [6.45, 7) is 4.64. The first-order valence-corrected chi connectivity index (χ1v) is 6.37. The number of aryl methyl sites for hydroxylation is 1. The molecule has 0 aromatic carbocycles. The maximum Gasteiger partial charge on any atom is 0.291 e. The number of nitrogens with one attached hydrogen (secondary N) is 2. The summed E-state index contributed by atoms with van der Waals surface area (Å²) in [6, 6.07) is -0.0187. The lowest BCUT2D eigenvalue weighted by Gasteiger charge is -2.12. The second-order valence-electron chi connectivity index (χ2n) is 4.49. The number of nitrogens with zero attached hydrogens (tertiary/aromatic N) is 4. The van der Waals surface area contributed by atoms with Crippen LogP contribution in [-0.4, -0.2) is 36.7 Å². The second-order valence-corrected chi connectivity index (χ2v) is 4.49. The molecule has 19 heavy (non-hydrogen) atoms. The predicted octanol–water partition coefficient (Wildman–Crippen LogP) is 0.772. The Morgan fingerprint density at radius 1 is 1.58 bits per heavy atom. The summed E-state index contributed by atoms with van der Waals surface area (Å²) in [7, 11) is 0. The molecule has 0 aliphatic heterocycles. The van der Waals surface area contributed by atoms with Gasteiger partial charge < -0.3 is 9.88 Å². The maximum atomic E-state index is 11.9. The number of aromatic nitrogens is 5. The Balaban J connectivity index is 1.88. The van der Waals surface area contributed by atoms with Gasteiger partial charge in [-0.2, -0.15) is 0 Å². The summed E-state index contributed by atoms with van der Waals surface area (Å²) in [5.74, 6) is 0.682. The summed E-state index contributed by atoms with van der Waals surface area (Å²) >= 11 is 0. The minimum atomic E-state index is -0.258. The van der Waals surface area contributed by atoms with E-state index < -0.39 is 0 Å². The zero-order valence-electron chi connectivity index (χ0n) is 11.1. The minimum absolute atomic E-state index is 0.0187. The van der Waals surface area contributed by atoms with E-state index in [9.17, 15) is 4.79 Å². The quantitative estimate of drug-likeness (QED) is 0.805. The average Bonchev–Trinajstić information content (AvgIpc) is 3.00. The maximum absolute atomic E-state index is 11.9. The fraction of sp³-hybridized carbons (Fsp3) is 0.500. The Hall–Kier alpha value is -2.18. The highest BCUT2D eigenvalue weighted by atomic mass is 16.2. The van der Waals surface area contributed by atoms with Crippen molar-refractivity contribution >= 4 is 5.91 Å². The van der Waals surface area contributed by atoms with Crippen molar-refractivity contribution in [1.82, 2.24) is 30.0 Å². The molecule has 7 nitrogen and oxygen atoms in total. The van der Waals surface area contributed by atoms with E-state index in [2.05, 4.69) is 32.4 Å². The van der Waals surface area contributed by atoms with Gasteiger partial charge in [0.15, 0.2) is 0 Å². The summed E-state index contributed by atoms with van der Waals surface area (Å²) in [5.41, 5.74) is 0. The lowest BCUT2D eigenvalue weighted by Crippen LogP contribution is -2.36.